The third kappa shape index (κ3) is 2.55. The van der Waals surface area contributed by atoms with Crippen LogP contribution in [0.3, 0.4) is 0 Å². The van der Waals surface area contributed by atoms with Gasteiger partial charge in [0.05, 0.1) is 18.1 Å². The Morgan fingerprint density at radius 1 is 1.53 bits per heavy atom. The predicted octanol–water partition coefficient (Wildman–Crippen LogP) is 2.70. The fourth-order valence-corrected chi connectivity index (χ4v) is 2.84. The Hall–Kier alpha value is -1.26. The Balaban J connectivity index is 2.38. The number of aliphatic carboxylic acids is 1. The highest BCUT2D eigenvalue weighted by atomic mass is 35.5. The number of methoxy groups -OCH3 is 1. The second-order valence-electron chi connectivity index (χ2n) is 4.99. The highest BCUT2D eigenvalue weighted by Gasteiger charge is 2.32. The molecule has 1 fully saturated rings. The Labute approximate surface area is 117 Å². The molecule has 1 aliphatic rings. The Morgan fingerprint density at radius 2 is 2.21 bits per heavy atom. The van der Waals surface area contributed by atoms with E-state index in [1.54, 1.807) is 7.11 Å². The number of hydrogen-bond donors (Lipinski definition) is 2. The smallest absolute Gasteiger partial charge is 0.307 e. The number of rotatable bonds is 3. The van der Waals surface area contributed by atoms with Gasteiger partial charge in [0.15, 0.2) is 0 Å². The van der Waals surface area contributed by atoms with E-state index in [2.05, 4.69) is 5.32 Å². The zero-order chi connectivity index (χ0) is 14.2. The normalized spacial score (nSPS) is 22.5. The minimum atomic E-state index is -0.760. The summed E-state index contributed by atoms with van der Waals surface area (Å²) < 4.78 is 5.40. The van der Waals surface area contributed by atoms with Crippen molar-refractivity contribution in [2.24, 2.45) is 5.92 Å². The molecule has 0 amide bonds. The van der Waals surface area contributed by atoms with E-state index in [1.807, 2.05) is 19.9 Å². The molecule has 5 heteroatoms. The molecule has 1 heterocycles. The van der Waals surface area contributed by atoms with Gasteiger partial charge < -0.3 is 15.2 Å². The van der Waals surface area contributed by atoms with Crippen LogP contribution in [-0.4, -0.2) is 24.7 Å². The largest absolute Gasteiger partial charge is 0.495 e. The summed E-state index contributed by atoms with van der Waals surface area (Å²) in [6, 6.07) is 2.01. The van der Waals surface area contributed by atoms with Gasteiger partial charge in [0.2, 0.25) is 0 Å². The van der Waals surface area contributed by atoms with Crippen molar-refractivity contribution in [1.29, 1.82) is 0 Å². The average Bonchev–Trinajstić information content (AvgIpc) is 2.85. The van der Waals surface area contributed by atoms with Crippen molar-refractivity contribution >= 4 is 17.6 Å². The first kappa shape index (κ1) is 14.2. The first-order chi connectivity index (χ1) is 8.95. The van der Waals surface area contributed by atoms with E-state index < -0.39 is 5.97 Å². The molecule has 2 atom stereocenters. The molecule has 0 aliphatic carbocycles. The van der Waals surface area contributed by atoms with E-state index in [1.165, 1.54) is 0 Å². The lowest BCUT2D eigenvalue weighted by Gasteiger charge is -2.19. The number of ether oxygens (including phenoxy) is 1. The topological polar surface area (TPSA) is 58.6 Å². The van der Waals surface area contributed by atoms with Gasteiger partial charge in [-0.3, -0.25) is 4.79 Å². The first-order valence-corrected chi connectivity index (χ1v) is 6.63. The van der Waals surface area contributed by atoms with Crippen LogP contribution in [0, 0.1) is 19.8 Å². The Bertz CT molecular complexity index is 516. The minimum Gasteiger partial charge on any atom is -0.495 e. The number of carbonyl (C=O) groups is 1. The molecule has 2 rings (SSSR count). The van der Waals surface area contributed by atoms with Crippen molar-refractivity contribution in [3.8, 4) is 5.75 Å². The highest BCUT2D eigenvalue weighted by molar-refractivity contribution is 6.33. The minimum absolute atomic E-state index is 0.0205. The van der Waals surface area contributed by atoms with Crippen LogP contribution < -0.4 is 10.1 Å². The van der Waals surface area contributed by atoms with Crippen molar-refractivity contribution in [3.05, 3.63) is 27.8 Å². The number of carboxylic acids is 1. The van der Waals surface area contributed by atoms with Crippen molar-refractivity contribution < 1.29 is 14.6 Å². The van der Waals surface area contributed by atoms with Crippen LogP contribution in [0.2, 0.25) is 5.02 Å². The van der Waals surface area contributed by atoms with Gasteiger partial charge in [-0.25, -0.2) is 0 Å². The summed E-state index contributed by atoms with van der Waals surface area (Å²) in [5, 5.41) is 12.9. The standard InChI is InChI=1S/C14H18ClNO3/c1-7-4-10(13(19-3)12(15)8(7)2)11-5-9(6-16-11)14(17)18/h4,9,11,16H,5-6H2,1-3H3,(H,17,18). The second kappa shape index (κ2) is 5.39. The lowest BCUT2D eigenvalue weighted by atomic mass is 9.96. The third-order valence-electron chi connectivity index (χ3n) is 3.81. The molecule has 2 unspecified atom stereocenters. The zero-order valence-corrected chi connectivity index (χ0v) is 12.0. The zero-order valence-electron chi connectivity index (χ0n) is 11.3. The van der Waals surface area contributed by atoms with Crippen molar-refractivity contribution in [2.45, 2.75) is 26.3 Å². The van der Waals surface area contributed by atoms with E-state index in [4.69, 9.17) is 21.4 Å². The third-order valence-corrected chi connectivity index (χ3v) is 4.27. The maximum Gasteiger partial charge on any atom is 0.307 e. The molecule has 1 aliphatic heterocycles. The van der Waals surface area contributed by atoms with Gasteiger partial charge in [-0.2, -0.15) is 0 Å². The summed E-state index contributed by atoms with van der Waals surface area (Å²) in [6.45, 7) is 4.42. The number of hydrogen-bond acceptors (Lipinski definition) is 3. The molecule has 1 aromatic carbocycles. The van der Waals surface area contributed by atoms with Gasteiger partial charge in [-0.05, 0) is 31.4 Å². The van der Waals surface area contributed by atoms with Gasteiger partial charge in [-0.15, -0.1) is 0 Å². The van der Waals surface area contributed by atoms with E-state index in [0.717, 1.165) is 16.7 Å². The summed E-state index contributed by atoms with van der Waals surface area (Å²) in [5.74, 6) is -0.465. The molecule has 4 nitrogen and oxygen atoms in total. The van der Waals surface area contributed by atoms with Gasteiger partial charge in [0.25, 0.3) is 0 Å². The monoisotopic (exact) mass is 283 g/mol. The molecule has 1 saturated heterocycles. The summed E-state index contributed by atoms with van der Waals surface area (Å²) in [6.07, 6.45) is 0.560. The molecule has 2 N–H and O–H groups in total. The lowest BCUT2D eigenvalue weighted by Crippen LogP contribution is -2.17. The van der Waals surface area contributed by atoms with E-state index in [0.29, 0.717) is 23.7 Å². The van der Waals surface area contributed by atoms with Crippen LogP contribution in [0.1, 0.15) is 29.2 Å². The van der Waals surface area contributed by atoms with Crippen molar-refractivity contribution in [1.82, 2.24) is 5.32 Å². The number of halogens is 1. The quantitative estimate of drug-likeness (QED) is 0.895. The predicted molar refractivity (Wildman–Crippen MR) is 74.0 cm³/mol. The lowest BCUT2D eigenvalue weighted by molar-refractivity contribution is -0.141. The van der Waals surface area contributed by atoms with Crippen LogP contribution in [0.25, 0.3) is 0 Å². The second-order valence-corrected chi connectivity index (χ2v) is 5.36. The fraction of sp³-hybridized carbons (Fsp3) is 0.500. The van der Waals surface area contributed by atoms with Gasteiger partial charge in [-0.1, -0.05) is 17.7 Å². The molecular weight excluding hydrogens is 266 g/mol. The number of benzene rings is 1. The molecular formula is C14H18ClNO3. The van der Waals surface area contributed by atoms with Gasteiger partial charge in [0, 0.05) is 18.2 Å². The van der Waals surface area contributed by atoms with E-state index in [-0.39, 0.29) is 12.0 Å². The Morgan fingerprint density at radius 3 is 2.74 bits per heavy atom. The SMILES string of the molecule is COc1c(C2CC(C(=O)O)CN2)cc(C)c(C)c1Cl. The first-order valence-electron chi connectivity index (χ1n) is 6.25. The van der Waals surface area contributed by atoms with Gasteiger partial charge in [0.1, 0.15) is 5.75 Å². The maximum atomic E-state index is 11.0. The Kier molecular flexibility index (Phi) is 4.02. The molecule has 104 valence electrons. The van der Waals surface area contributed by atoms with E-state index in [9.17, 15) is 4.79 Å². The van der Waals surface area contributed by atoms with Crippen molar-refractivity contribution in [3.63, 3.8) is 0 Å². The summed E-state index contributed by atoms with van der Waals surface area (Å²) in [7, 11) is 1.59. The average molecular weight is 284 g/mol. The molecule has 0 saturated carbocycles. The molecule has 0 spiro atoms. The van der Waals surface area contributed by atoms with Crippen LogP contribution >= 0.6 is 11.6 Å². The van der Waals surface area contributed by atoms with Crippen LogP contribution in [0.15, 0.2) is 6.07 Å². The summed E-state index contributed by atoms with van der Waals surface area (Å²) in [5.41, 5.74) is 3.02. The van der Waals surface area contributed by atoms with Crippen molar-refractivity contribution in [2.75, 3.05) is 13.7 Å². The molecule has 19 heavy (non-hydrogen) atoms. The van der Waals surface area contributed by atoms with Crippen LogP contribution in [0.5, 0.6) is 5.75 Å². The number of nitrogens with one attached hydrogen (secondary N) is 1. The molecule has 1 aromatic rings. The highest BCUT2D eigenvalue weighted by Crippen LogP contribution is 2.40. The number of aryl methyl sites for hydroxylation is 1. The summed E-state index contributed by atoms with van der Waals surface area (Å²) >= 11 is 6.31. The maximum absolute atomic E-state index is 11.0. The molecule has 0 aromatic heterocycles. The summed E-state index contributed by atoms with van der Waals surface area (Å²) in [4.78, 5) is 11.0. The fourth-order valence-electron chi connectivity index (χ4n) is 2.50. The van der Waals surface area contributed by atoms with E-state index >= 15 is 0 Å². The molecule has 0 radical (unpaired) electrons. The van der Waals surface area contributed by atoms with Crippen LogP contribution in [0.4, 0.5) is 0 Å². The van der Waals surface area contributed by atoms with Crippen LogP contribution in [-0.2, 0) is 4.79 Å². The molecule has 0 bridgehead atoms. The number of carboxylic acid groups (broad SMARTS) is 1. The van der Waals surface area contributed by atoms with Gasteiger partial charge >= 0.3 is 5.97 Å².